The molecule has 0 aliphatic heterocycles. The van der Waals surface area contributed by atoms with Gasteiger partial charge in [-0.05, 0) is 29.6 Å². The third kappa shape index (κ3) is 2.65. The zero-order valence-electron chi connectivity index (χ0n) is 9.74. The van der Waals surface area contributed by atoms with Gasteiger partial charge >= 0.3 is 5.97 Å². The fourth-order valence-corrected chi connectivity index (χ4v) is 2.31. The molecular formula is C12H12N2O3S. The van der Waals surface area contributed by atoms with E-state index in [0.29, 0.717) is 17.2 Å². The highest BCUT2D eigenvalue weighted by Crippen LogP contribution is 2.27. The average molecular weight is 264 g/mol. The smallest absolute Gasteiger partial charge is 0.313 e. The van der Waals surface area contributed by atoms with Crippen LogP contribution in [0.3, 0.4) is 0 Å². The molecule has 6 heteroatoms. The standard InChI is InChI=1S/C12H12N2O3S/c1-17-10-5-3-2-4-8(10)6-9(12(15)16)11-13-7-14-18-11/h2-5,7,9H,6H2,1H3,(H,15,16). The average Bonchev–Trinajstić information content (AvgIpc) is 2.89. The fraction of sp³-hybridized carbons (Fsp3) is 0.250. The predicted octanol–water partition coefficient (Wildman–Crippen LogP) is 1.96. The largest absolute Gasteiger partial charge is 0.496 e. The lowest BCUT2D eigenvalue weighted by molar-refractivity contribution is -0.138. The van der Waals surface area contributed by atoms with Crippen molar-refractivity contribution in [3.05, 3.63) is 41.2 Å². The molecule has 0 saturated heterocycles. The van der Waals surface area contributed by atoms with Gasteiger partial charge in [-0.15, -0.1) is 0 Å². The summed E-state index contributed by atoms with van der Waals surface area (Å²) in [5.74, 6) is -0.903. The van der Waals surface area contributed by atoms with E-state index in [4.69, 9.17) is 4.74 Å². The normalized spacial score (nSPS) is 12.1. The molecule has 1 aromatic carbocycles. The molecule has 0 fully saturated rings. The lowest BCUT2D eigenvalue weighted by Gasteiger charge is -2.12. The highest BCUT2D eigenvalue weighted by molar-refractivity contribution is 7.05. The Kier molecular flexibility index (Phi) is 3.88. The van der Waals surface area contributed by atoms with Crippen LogP contribution >= 0.6 is 11.5 Å². The maximum Gasteiger partial charge on any atom is 0.313 e. The van der Waals surface area contributed by atoms with Crippen molar-refractivity contribution in [1.29, 1.82) is 0 Å². The summed E-state index contributed by atoms with van der Waals surface area (Å²) < 4.78 is 9.06. The monoisotopic (exact) mass is 264 g/mol. The predicted molar refractivity (Wildman–Crippen MR) is 67.0 cm³/mol. The first-order chi connectivity index (χ1) is 8.72. The number of carbonyl (C=O) groups is 1. The van der Waals surface area contributed by atoms with Crippen LogP contribution in [0.1, 0.15) is 16.5 Å². The summed E-state index contributed by atoms with van der Waals surface area (Å²) in [6.45, 7) is 0. The van der Waals surface area contributed by atoms with Gasteiger partial charge in [0.15, 0.2) is 0 Å². The number of aromatic nitrogens is 2. The quantitative estimate of drug-likeness (QED) is 0.893. The Morgan fingerprint density at radius 3 is 2.89 bits per heavy atom. The number of rotatable bonds is 5. The second-order valence-corrected chi connectivity index (χ2v) is 4.50. The zero-order chi connectivity index (χ0) is 13.0. The van der Waals surface area contributed by atoms with Gasteiger partial charge in [-0.3, -0.25) is 4.79 Å². The van der Waals surface area contributed by atoms with E-state index < -0.39 is 11.9 Å². The van der Waals surface area contributed by atoms with Crippen molar-refractivity contribution in [3.63, 3.8) is 0 Å². The molecule has 2 rings (SSSR count). The molecular weight excluding hydrogens is 252 g/mol. The number of benzene rings is 1. The van der Waals surface area contributed by atoms with Crippen molar-refractivity contribution in [2.24, 2.45) is 0 Å². The van der Waals surface area contributed by atoms with Crippen molar-refractivity contribution in [2.75, 3.05) is 7.11 Å². The molecule has 0 amide bonds. The minimum absolute atomic E-state index is 0.342. The SMILES string of the molecule is COc1ccccc1CC(C(=O)O)c1ncns1. The summed E-state index contributed by atoms with van der Waals surface area (Å²) in [7, 11) is 1.57. The van der Waals surface area contributed by atoms with Gasteiger partial charge in [-0.1, -0.05) is 18.2 Å². The highest BCUT2D eigenvalue weighted by atomic mass is 32.1. The number of nitrogens with zero attached hydrogens (tertiary/aromatic N) is 2. The van der Waals surface area contributed by atoms with E-state index in [0.717, 1.165) is 17.1 Å². The van der Waals surface area contributed by atoms with Gasteiger partial charge in [0, 0.05) is 0 Å². The first-order valence-corrected chi connectivity index (χ1v) is 6.11. The third-order valence-corrected chi connectivity index (χ3v) is 3.37. The molecule has 0 aliphatic rings. The van der Waals surface area contributed by atoms with Crippen LogP contribution in [-0.2, 0) is 11.2 Å². The van der Waals surface area contributed by atoms with Crippen LogP contribution in [0.25, 0.3) is 0 Å². The molecule has 0 saturated carbocycles. The van der Waals surface area contributed by atoms with E-state index in [1.54, 1.807) is 7.11 Å². The Balaban J connectivity index is 2.27. The van der Waals surface area contributed by atoms with Crippen molar-refractivity contribution in [1.82, 2.24) is 9.36 Å². The van der Waals surface area contributed by atoms with E-state index >= 15 is 0 Å². The molecule has 18 heavy (non-hydrogen) atoms. The molecule has 1 atom stereocenters. The molecule has 2 aromatic rings. The second-order valence-electron chi connectivity index (χ2n) is 3.69. The summed E-state index contributed by atoms with van der Waals surface area (Å²) in [6, 6.07) is 7.38. The molecule has 1 heterocycles. The van der Waals surface area contributed by atoms with Gasteiger partial charge in [0.05, 0.1) is 7.11 Å². The first kappa shape index (κ1) is 12.5. The Bertz CT molecular complexity index is 528. The maximum atomic E-state index is 11.3. The van der Waals surface area contributed by atoms with Crippen LogP contribution in [0, 0.1) is 0 Å². The number of ether oxygens (including phenoxy) is 1. The fourth-order valence-electron chi connectivity index (χ4n) is 1.71. The van der Waals surface area contributed by atoms with Gasteiger partial charge in [-0.2, -0.15) is 4.37 Å². The second kappa shape index (κ2) is 5.59. The summed E-state index contributed by atoms with van der Waals surface area (Å²) in [4.78, 5) is 15.3. The van der Waals surface area contributed by atoms with Gasteiger partial charge < -0.3 is 9.84 Å². The molecule has 1 N–H and O–H groups in total. The van der Waals surface area contributed by atoms with Crippen LogP contribution in [0.4, 0.5) is 0 Å². The molecule has 94 valence electrons. The van der Waals surface area contributed by atoms with Crippen molar-refractivity contribution >= 4 is 17.5 Å². The molecule has 0 spiro atoms. The Morgan fingerprint density at radius 1 is 1.50 bits per heavy atom. The van der Waals surface area contributed by atoms with Gasteiger partial charge in [0.2, 0.25) is 0 Å². The Morgan fingerprint density at radius 2 is 2.28 bits per heavy atom. The van der Waals surface area contributed by atoms with E-state index in [-0.39, 0.29) is 0 Å². The topological polar surface area (TPSA) is 72.3 Å². The lowest BCUT2D eigenvalue weighted by atomic mass is 9.99. The highest BCUT2D eigenvalue weighted by Gasteiger charge is 2.24. The van der Waals surface area contributed by atoms with Crippen LogP contribution in [0.5, 0.6) is 5.75 Å². The molecule has 0 aliphatic carbocycles. The van der Waals surface area contributed by atoms with Crippen molar-refractivity contribution in [2.45, 2.75) is 12.3 Å². The third-order valence-electron chi connectivity index (χ3n) is 2.59. The van der Waals surface area contributed by atoms with Crippen molar-refractivity contribution < 1.29 is 14.6 Å². The van der Waals surface area contributed by atoms with Crippen LogP contribution < -0.4 is 4.74 Å². The number of carboxylic acid groups (broad SMARTS) is 1. The number of hydrogen-bond acceptors (Lipinski definition) is 5. The maximum absolute atomic E-state index is 11.3. The van der Waals surface area contributed by atoms with Crippen LogP contribution in [0.15, 0.2) is 30.6 Å². The minimum atomic E-state index is -0.905. The molecule has 0 bridgehead atoms. The molecule has 0 radical (unpaired) electrons. The number of carboxylic acids is 1. The van der Waals surface area contributed by atoms with Crippen LogP contribution in [0.2, 0.25) is 0 Å². The van der Waals surface area contributed by atoms with Crippen molar-refractivity contribution in [3.8, 4) is 5.75 Å². The molecule has 5 nitrogen and oxygen atoms in total. The number of para-hydroxylation sites is 1. The number of methoxy groups -OCH3 is 1. The Labute approximate surface area is 108 Å². The Hall–Kier alpha value is -1.95. The summed E-state index contributed by atoms with van der Waals surface area (Å²) in [5.41, 5.74) is 0.850. The van der Waals surface area contributed by atoms with Crippen LogP contribution in [-0.4, -0.2) is 27.5 Å². The van der Waals surface area contributed by atoms with E-state index in [1.807, 2.05) is 24.3 Å². The van der Waals surface area contributed by atoms with E-state index in [1.165, 1.54) is 6.33 Å². The molecule has 1 unspecified atom stereocenters. The zero-order valence-corrected chi connectivity index (χ0v) is 10.6. The first-order valence-electron chi connectivity index (χ1n) is 5.33. The van der Waals surface area contributed by atoms with E-state index in [2.05, 4.69) is 9.36 Å². The van der Waals surface area contributed by atoms with E-state index in [9.17, 15) is 9.90 Å². The van der Waals surface area contributed by atoms with Gasteiger partial charge in [-0.25, -0.2) is 4.98 Å². The molecule has 1 aromatic heterocycles. The number of aliphatic carboxylic acids is 1. The summed E-state index contributed by atoms with van der Waals surface area (Å²) >= 11 is 1.11. The number of hydrogen-bond donors (Lipinski definition) is 1. The summed E-state index contributed by atoms with van der Waals surface area (Å²) in [6.07, 6.45) is 1.71. The minimum Gasteiger partial charge on any atom is -0.496 e. The lowest BCUT2D eigenvalue weighted by Crippen LogP contribution is -2.14. The van der Waals surface area contributed by atoms with Gasteiger partial charge in [0.25, 0.3) is 0 Å². The summed E-state index contributed by atoms with van der Waals surface area (Å²) in [5, 5.41) is 9.78. The van der Waals surface area contributed by atoms with Gasteiger partial charge in [0.1, 0.15) is 23.0 Å².